The van der Waals surface area contributed by atoms with Crippen molar-refractivity contribution in [1.29, 1.82) is 0 Å². The lowest BCUT2D eigenvalue weighted by molar-refractivity contribution is 0.0757. The smallest absolute Gasteiger partial charge is 0.256 e. The van der Waals surface area contributed by atoms with Crippen molar-refractivity contribution in [1.82, 2.24) is 10.3 Å². The van der Waals surface area contributed by atoms with Gasteiger partial charge in [-0.25, -0.2) is 4.98 Å². The molecule has 1 aromatic heterocycles. The van der Waals surface area contributed by atoms with Gasteiger partial charge in [0, 0.05) is 19.3 Å². The van der Waals surface area contributed by atoms with Crippen molar-refractivity contribution in [3.63, 3.8) is 0 Å². The molecule has 1 amide bonds. The van der Waals surface area contributed by atoms with E-state index in [1.165, 1.54) is 7.11 Å². The van der Waals surface area contributed by atoms with Crippen molar-refractivity contribution in [2.75, 3.05) is 20.3 Å². The highest BCUT2D eigenvalue weighted by molar-refractivity contribution is 5.96. The zero-order chi connectivity index (χ0) is 13.4. The summed E-state index contributed by atoms with van der Waals surface area (Å²) in [7, 11) is 1.50. The molecule has 1 aromatic rings. The SMILES string of the molecule is COc1ncccc1C(=O)NCCCOC(C)C. The van der Waals surface area contributed by atoms with E-state index < -0.39 is 0 Å². The fourth-order valence-electron chi connectivity index (χ4n) is 1.41. The first-order valence-corrected chi connectivity index (χ1v) is 6.04. The van der Waals surface area contributed by atoms with Crippen LogP contribution in [0.3, 0.4) is 0 Å². The van der Waals surface area contributed by atoms with Gasteiger partial charge in [-0.3, -0.25) is 4.79 Å². The molecule has 0 aromatic carbocycles. The second-order valence-corrected chi connectivity index (χ2v) is 4.09. The summed E-state index contributed by atoms with van der Waals surface area (Å²) in [5.74, 6) is 0.165. The van der Waals surface area contributed by atoms with Crippen molar-refractivity contribution in [3.8, 4) is 5.88 Å². The maximum absolute atomic E-state index is 11.8. The summed E-state index contributed by atoms with van der Waals surface area (Å²) >= 11 is 0. The Morgan fingerprint density at radius 2 is 2.28 bits per heavy atom. The zero-order valence-corrected chi connectivity index (χ0v) is 11.1. The van der Waals surface area contributed by atoms with Gasteiger partial charge in [0.2, 0.25) is 5.88 Å². The minimum atomic E-state index is -0.176. The lowest BCUT2D eigenvalue weighted by Crippen LogP contribution is -2.26. The number of nitrogens with one attached hydrogen (secondary N) is 1. The van der Waals surface area contributed by atoms with Gasteiger partial charge in [-0.15, -0.1) is 0 Å². The van der Waals surface area contributed by atoms with Crippen LogP contribution in [0.4, 0.5) is 0 Å². The van der Waals surface area contributed by atoms with Crippen LogP contribution in [-0.4, -0.2) is 37.3 Å². The van der Waals surface area contributed by atoms with Crippen molar-refractivity contribution in [3.05, 3.63) is 23.9 Å². The number of aromatic nitrogens is 1. The first kappa shape index (κ1) is 14.4. The monoisotopic (exact) mass is 252 g/mol. The van der Waals surface area contributed by atoms with Gasteiger partial charge in [-0.1, -0.05) is 0 Å². The number of pyridine rings is 1. The lowest BCUT2D eigenvalue weighted by Gasteiger charge is -2.09. The largest absolute Gasteiger partial charge is 0.480 e. The number of nitrogens with zero attached hydrogens (tertiary/aromatic N) is 1. The Bertz CT molecular complexity index is 380. The highest BCUT2D eigenvalue weighted by atomic mass is 16.5. The third kappa shape index (κ3) is 4.71. The van der Waals surface area contributed by atoms with E-state index in [1.54, 1.807) is 18.3 Å². The van der Waals surface area contributed by atoms with Crippen LogP contribution in [0.15, 0.2) is 18.3 Å². The Morgan fingerprint density at radius 3 is 2.94 bits per heavy atom. The molecule has 0 aliphatic heterocycles. The highest BCUT2D eigenvalue weighted by Crippen LogP contribution is 2.12. The van der Waals surface area contributed by atoms with Gasteiger partial charge in [0.15, 0.2) is 0 Å². The Kier molecular flexibility index (Phi) is 6.14. The topological polar surface area (TPSA) is 60.5 Å². The summed E-state index contributed by atoms with van der Waals surface area (Å²) in [6.45, 7) is 5.18. The standard InChI is InChI=1S/C13H20N2O3/c1-10(2)18-9-5-8-14-12(16)11-6-4-7-15-13(11)17-3/h4,6-7,10H,5,8-9H2,1-3H3,(H,14,16). The molecule has 1 rings (SSSR count). The van der Waals surface area contributed by atoms with E-state index in [1.807, 2.05) is 13.8 Å². The van der Waals surface area contributed by atoms with E-state index in [0.29, 0.717) is 24.6 Å². The zero-order valence-electron chi connectivity index (χ0n) is 11.1. The minimum absolute atomic E-state index is 0.176. The maximum Gasteiger partial charge on any atom is 0.256 e. The molecule has 0 saturated heterocycles. The van der Waals surface area contributed by atoms with Gasteiger partial charge in [-0.2, -0.15) is 0 Å². The van der Waals surface area contributed by atoms with Crippen LogP contribution in [0, 0.1) is 0 Å². The Labute approximate surface area is 108 Å². The fraction of sp³-hybridized carbons (Fsp3) is 0.538. The van der Waals surface area contributed by atoms with Gasteiger partial charge in [-0.05, 0) is 32.4 Å². The Hall–Kier alpha value is -1.62. The molecule has 0 radical (unpaired) electrons. The van der Waals surface area contributed by atoms with E-state index in [4.69, 9.17) is 9.47 Å². The van der Waals surface area contributed by atoms with Gasteiger partial charge in [0.1, 0.15) is 5.56 Å². The van der Waals surface area contributed by atoms with Gasteiger partial charge < -0.3 is 14.8 Å². The molecule has 5 heteroatoms. The van der Waals surface area contributed by atoms with E-state index >= 15 is 0 Å². The highest BCUT2D eigenvalue weighted by Gasteiger charge is 2.11. The van der Waals surface area contributed by atoms with Crippen LogP contribution in [0.1, 0.15) is 30.6 Å². The van der Waals surface area contributed by atoms with Gasteiger partial charge in [0.05, 0.1) is 13.2 Å². The summed E-state index contributed by atoms with van der Waals surface area (Å²) < 4.78 is 10.4. The number of hydrogen-bond acceptors (Lipinski definition) is 4. The summed E-state index contributed by atoms with van der Waals surface area (Å²) in [4.78, 5) is 15.8. The summed E-state index contributed by atoms with van der Waals surface area (Å²) in [5, 5.41) is 2.81. The molecular formula is C13H20N2O3. The summed E-state index contributed by atoms with van der Waals surface area (Å²) in [5.41, 5.74) is 0.449. The number of methoxy groups -OCH3 is 1. The second-order valence-electron chi connectivity index (χ2n) is 4.09. The minimum Gasteiger partial charge on any atom is -0.480 e. The molecule has 100 valence electrons. The van der Waals surface area contributed by atoms with Crippen LogP contribution in [0.2, 0.25) is 0 Å². The summed E-state index contributed by atoms with van der Waals surface area (Å²) in [6.07, 6.45) is 2.60. The Morgan fingerprint density at radius 1 is 1.50 bits per heavy atom. The van der Waals surface area contributed by atoms with Crippen molar-refractivity contribution in [2.45, 2.75) is 26.4 Å². The van der Waals surface area contributed by atoms with E-state index in [2.05, 4.69) is 10.3 Å². The van der Waals surface area contributed by atoms with Crippen molar-refractivity contribution >= 4 is 5.91 Å². The maximum atomic E-state index is 11.8. The molecule has 0 aliphatic rings. The number of hydrogen-bond donors (Lipinski definition) is 1. The van der Waals surface area contributed by atoms with Crippen LogP contribution in [-0.2, 0) is 4.74 Å². The molecule has 0 aliphatic carbocycles. The molecule has 0 atom stereocenters. The van der Waals surface area contributed by atoms with Gasteiger partial charge in [0.25, 0.3) is 5.91 Å². The molecule has 1 heterocycles. The number of ether oxygens (including phenoxy) is 2. The molecular weight excluding hydrogens is 232 g/mol. The average Bonchev–Trinajstić information content (AvgIpc) is 2.37. The molecule has 0 saturated carbocycles. The van der Waals surface area contributed by atoms with Crippen LogP contribution in [0.25, 0.3) is 0 Å². The fourth-order valence-corrected chi connectivity index (χ4v) is 1.41. The third-order valence-corrected chi connectivity index (χ3v) is 2.27. The number of amides is 1. The van der Waals surface area contributed by atoms with Gasteiger partial charge >= 0.3 is 0 Å². The van der Waals surface area contributed by atoms with E-state index in [-0.39, 0.29) is 12.0 Å². The molecule has 0 fully saturated rings. The molecule has 5 nitrogen and oxygen atoms in total. The second kappa shape index (κ2) is 7.66. The molecule has 1 N–H and O–H groups in total. The lowest BCUT2D eigenvalue weighted by atomic mass is 10.2. The molecule has 0 spiro atoms. The van der Waals surface area contributed by atoms with Crippen LogP contribution in [0.5, 0.6) is 5.88 Å². The number of carbonyl (C=O) groups is 1. The number of rotatable bonds is 7. The third-order valence-electron chi connectivity index (χ3n) is 2.27. The first-order chi connectivity index (χ1) is 8.65. The van der Waals surface area contributed by atoms with E-state index in [0.717, 1.165) is 6.42 Å². The quantitative estimate of drug-likeness (QED) is 0.749. The average molecular weight is 252 g/mol. The first-order valence-electron chi connectivity index (χ1n) is 6.04. The molecule has 0 bridgehead atoms. The normalized spacial score (nSPS) is 10.4. The molecule has 18 heavy (non-hydrogen) atoms. The Balaban J connectivity index is 2.36. The predicted octanol–water partition coefficient (Wildman–Crippen LogP) is 1.64. The van der Waals surface area contributed by atoms with E-state index in [9.17, 15) is 4.79 Å². The molecule has 0 unspecified atom stereocenters. The number of carbonyl (C=O) groups excluding carboxylic acids is 1. The van der Waals surface area contributed by atoms with Crippen LogP contribution >= 0.6 is 0 Å². The van der Waals surface area contributed by atoms with Crippen LogP contribution < -0.4 is 10.1 Å². The summed E-state index contributed by atoms with van der Waals surface area (Å²) in [6, 6.07) is 3.39. The van der Waals surface area contributed by atoms with Crippen molar-refractivity contribution in [2.24, 2.45) is 0 Å². The van der Waals surface area contributed by atoms with Crippen molar-refractivity contribution < 1.29 is 14.3 Å². The predicted molar refractivity (Wildman–Crippen MR) is 68.8 cm³/mol.